The molecule has 0 saturated heterocycles. The molecule has 1 aromatic carbocycles. The second-order valence-corrected chi connectivity index (χ2v) is 3.44. The minimum atomic E-state index is -0.397. The first-order valence-electron chi connectivity index (χ1n) is 4.02. The molecule has 0 aromatic heterocycles. The zero-order chi connectivity index (χ0) is 9.19. The minimum Gasteiger partial charge on any atom is -0.439 e. The molecule has 0 saturated carbocycles. The molecule has 1 rings (SSSR count). The summed E-state index contributed by atoms with van der Waals surface area (Å²) in [5.41, 5.74) is 1.94. The molecule has 1 nitrogen and oxygen atoms in total. The van der Waals surface area contributed by atoms with E-state index in [0.717, 1.165) is 5.56 Å². The molecule has 0 heterocycles. The van der Waals surface area contributed by atoms with Crippen molar-refractivity contribution in [3.63, 3.8) is 0 Å². The molecule has 0 aliphatic carbocycles. The first-order valence-corrected chi connectivity index (χ1v) is 4.02. The molecule has 0 bridgehead atoms. The van der Waals surface area contributed by atoms with Crippen LogP contribution in [0.4, 0.5) is 0 Å². The van der Waals surface area contributed by atoms with Crippen LogP contribution in [0.25, 0.3) is 0 Å². The zero-order valence-electron chi connectivity index (χ0n) is 7.79. The Morgan fingerprint density at radius 1 is 1.25 bits per heavy atom. The van der Waals surface area contributed by atoms with Gasteiger partial charge < -0.3 is 4.65 Å². The van der Waals surface area contributed by atoms with Gasteiger partial charge in [0, 0.05) is 0 Å². The lowest BCUT2D eigenvalue weighted by Crippen LogP contribution is -2.21. The van der Waals surface area contributed by atoms with Crippen molar-refractivity contribution in [1.82, 2.24) is 0 Å². The third-order valence-corrected chi connectivity index (χ3v) is 2.09. The lowest BCUT2D eigenvalue weighted by atomic mass is 9.93. The Morgan fingerprint density at radius 2 is 1.83 bits per heavy atom. The molecule has 0 atom stereocenters. The van der Waals surface area contributed by atoms with Crippen LogP contribution in [0.2, 0.25) is 0 Å². The van der Waals surface area contributed by atoms with Gasteiger partial charge >= 0.3 is 0 Å². The molecule has 0 aliphatic heterocycles. The highest BCUT2D eigenvalue weighted by molar-refractivity contribution is 5.98. The predicted octanol–water partition coefficient (Wildman–Crippen LogP) is 2.33. The second-order valence-electron chi connectivity index (χ2n) is 3.44. The first-order chi connectivity index (χ1) is 5.58. The van der Waals surface area contributed by atoms with Crippen LogP contribution in [0.1, 0.15) is 25.0 Å². The lowest BCUT2D eigenvalue weighted by molar-refractivity contribution is 0.123. The van der Waals surface area contributed by atoms with E-state index in [9.17, 15) is 0 Å². The molecule has 0 fully saturated rings. The van der Waals surface area contributed by atoms with E-state index >= 15 is 0 Å². The van der Waals surface area contributed by atoms with Gasteiger partial charge in [0.15, 0.2) is 0 Å². The van der Waals surface area contributed by atoms with Gasteiger partial charge in [0.05, 0.1) is 5.60 Å². The molecule has 1 aromatic rings. The molecule has 0 N–H and O–H groups in total. The van der Waals surface area contributed by atoms with Crippen molar-refractivity contribution < 1.29 is 4.65 Å². The fraction of sp³-hybridized carbons (Fsp3) is 0.400. The smallest absolute Gasteiger partial charge is 0.283 e. The summed E-state index contributed by atoms with van der Waals surface area (Å²) < 4.78 is 4.90. The number of benzene rings is 1. The lowest BCUT2D eigenvalue weighted by Gasteiger charge is -2.26. The molecular weight excluding hydrogens is 147 g/mol. The summed E-state index contributed by atoms with van der Waals surface area (Å²) in [5.74, 6) is 0. The van der Waals surface area contributed by atoms with Crippen LogP contribution >= 0.6 is 0 Å². The summed E-state index contributed by atoms with van der Waals surface area (Å²) in [4.78, 5) is 0. The van der Waals surface area contributed by atoms with Gasteiger partial charge in [0.25, 0.3) is 8.05 Å². The molecule has 2 radical (unpaired) electrons. The second kappa shape index (κ2) is 3.32. The van der Waals surface area contributed by atoms with Crippen LogP contribution in [0.3, 0.4) is 0 Å². The van der Waals surface area contributed by atoms with Crippen molar-refractivity contribution in [3.05, 3.63) is 35.4 Å². The van der Waals surface area contributed by atoms with Crippen LogP contribution < -0.4 is 0 Å². The Bertz CT molecular complexity index is 268. The summed E-state index contributed by atoms with van der Waals surface area (Å²) in [6, 6.07) is 8.08. The minimum absolute atomic E-state index is 0.397. The highest BCUT2D eigenvalue weighted by Gasteiger charge is 2.19. The van der Waals surface area contributed by atoms with Crippen molar-refractivity contribution in [3.8, 4) is 0 Å². The van der Waals surface area contributed by atoms with Crippen molar-refractivity contribution in [2.75, 3.05) is 0 Å². The summed E-state index contributed by atoms with van der Waals surface area (Å²) >= 11 is 0. The van der Waals surface area contributed by atoms with Crippen molar-refractivity contribution >= 4 is 8.05 Å². The third kappa shape index (κ3) is 1.70. The highest BCUT2D eigenvalue weighted by Crippen LogP contribution is 2.25. The van der Waals surface area contributed by atoms with Gasteiger partial charge in [0.2, 0.25) is 0 Å². The van der Waals surface area contributed by atoms with E-state index < -0.39 is 5.60 Å². The number of hydrogen-bond acceptors (Lipinski definition) is 1. The largest absolute Gasteiger partial charge is 0.439 e. The van der Waals surface area contributed by atoms with Gasteiger partial charge in [-0.2, -0.15) is 0 Å². The van der Waals surface area contributed by atoms with Crippen molar-refractivity contribution in [1.29, 1.82) is 0 Å². The normalized spacial score (nSPS) is 11.6. The van der Waals surface area contributed by atoms with E-state index in [1.807, 2.05) is 32.0 Å². The van der Waals surface area contributed by atoms with Gasteiger partial charge in [-0.3, -0.25) is 0 Å². The Labute approximate surface area is 75.2 Å². The van der Waals surface area contributed by atoms with E-state index in [0.29, 0.717) is 0 Å². The predicted molar refractivity (Wildman–Crippen MR) is 51.0 cm³/mol. The fourth-order valence-corrected chi connectivity index (χ4v) is 1.31. The van der Waals surface area contributed by atoms with Gasteiger partial charge in [0.1, 0.15) is 0 Å². The van der Waals surface area contributed by atoms with E-state index in [-0.39, 0.29) is 0 Å². The molecular formula is C10H13BO. The van der Waals surface area contributed by atoms with Gasteiger partial charge in [-0.25, -0.2) is 0 Å². The molecule has 0 amide bonds. The van der Waals surface area contributed by atoms with Gasteiger partial charge in [-0.15, -0.1) is 0 Å². The quantitative estimate of drug-likeness (QED) is 0.603. The molecule has 2 heteroatoms. The SMILES string of the molecule is [B]OC(C)(C)c1ccccc1C. The van der Waals surface area contributed by atoms with Gasteiger partial charge in [-0.05, 0) is 31.9 Å². The van der Waals surface area contributed by atoms with Crippen LogP contribution in [0, 0.1) is 6.92 Å². The number of hydrogen-bond donors (Lipinski definition) is 0. The fourth-order valence-electron chi connectivity index (χ4n) is 1.31. The monoisotopic (exact) mass is 160 g/mol. The van der Waals surface area contributed by atoms with E-state index in [1.165, 1.54) is 5.56 Å². The van der Waals surface area contributed by atoms with E-state index in [4.69, 9.17) is 12.7 Å². The average molecular weight is 160 g/mol. The maximum absolute atomic E-state index is 5.21. The van der Waals surface area contributed by atoms with Crippen LogP contribution in [0.15, 0.2) is 24.3 Å². The highest BCUT2D eigenvalue weighted by atomic mass is 16.4. The maximum atomic E-state index is 5.21. The average Bonchev–Trinajstić information content (AvgIpc) is 2.05. The summed E-state index contributed by atoms with van der Waals surface area (Å²) in [5, 5.41) is 0. The van der Waals surface area contributed by atoms with E-state index in [2.05, 4.69) is 13.0 Å². The molecule has 0 unspecified atom stereocenters. The summed E-state index contributed by atoms with van der Waals surface area (Å²) in [7, 11) is 5.21. The Balaban J connectivity index is 3.10. The van der Waals surface area contributed by atoms with Crippen LogP contribution in [-0.4, -0.2) is 8.05 Å². The summed E-state index contributed by atoms with van der Waals surface area (Å²) in [6.45, 7) is 5.96. The maximum Gasteiger partial charge on any atom is 0.283 e. The Kier molecular flexibility index (Phi) is 2.58. The summed E-state index contributed by atoms with van der Waals surface area (Å²) in [6.07, 6.45) is 0. The van der Waals surface area contributed by atoms with Crippen LogP contribution in [0.5, 0.6) is 0 Å². The standard InChI is InChI=1S/C10H13BO/c1-8-6-4-5-7-9(8)10(2,3)12-11/h4-7H,1-3H3. The zero-order valence-corrected chi connectivity index (χ0v) is 7.79. The topological polar surface area (TPSA) is 9.23 Å². The molecule has 12 heavy (non-hydrogen) atoms. The molecule has 0 spiro atoms. The number of rotatable bonds is 2. The third-order valence-electron chi connectivity index (χ3n) is 2.09. The molecule has 62 valence electrons. The Morgan fingerprint density at radius 3 is 2.33 bits per heavy atom. The van der Waals surface area contributed by atoms with E-state index in [1.54, 1.807) is 0 Å². The van der Waals surface area contributed by atoms with Crippen molar-refractivity contribution in [2.24, 2.45) is 0 Å². The Hall–Kier alpha value is -0.755. The van der Waals surface area contributed by atoms with Gasteiger partial charge in [-0.1, -0.05) is 24.3 Å². The van der Waals surface area contributed by atoms with Crippen LogP contribution in [-0.2, 0) is 10.3 Å². The number of aryl methyl sites for hydroxylation is 1. The van der Waals surface area contributed by atoms with Crippen molar-refractivity contribution in [2.45, 2.75) is 26.4 Å². The molecule has 0 aliphatic rings. The first kappa shape index (κ1) is 9.33.